The lowest BCUT2D eigenvalue weighted by molar-refractivity contribution is 0.229. The van der Waals surface area contributed by atoms with Gasteiger partial charge in [-0.25, -0.2) is 0 Å². The highest BCUT2D eigenvalue weighted by molar-refractivity contribution is 4.88. The summed E-state index contributed by atoms with van der Waals surface area (Å²) in [5.41, 5.74) is 0. The van der Waals surface area contributed by atoms with Crippen LogP contribution < -0.4 is 5.32 Å². The summed E-state index contributed by atoms with van der Waals surface area (Å²) in [5.74, 6) is 1.50. The van der Waals surface area contributed by atoms with Crippen LogP contribution in [-0.2, 0) is 0 Å². The molecule has 0 aromatic heterocycles. The average molecular weight is 241 g/mol. The maximum atomic E-state index is 3.61. The predicted octanol–water partition coefficient (Wildman–Crippen LogP) is 1.50. The minimum Gasteiger partial charge on any atom is -0.313 e. The molecule has 0 radical (unpaired) electrons. The third-order valence-electron chi connectivity index (χ3n) is 4.04. The molecule has 1 heterocycles. The van der Waals surface area contributed by atoms with Crippen LogP contribution in [-0.4, -0.2) is 62.2 Å². The van der Waals surface area contributed by atoms with Crippen molar-refractivity contribution in [2.24, 2.45) is 11.8 Å². The molecule has 1 saturated heterocycles. The number of likely N-dealkylation sites (tertiary alicyclic amines) is 1. The van der Waals surface area contributed by atoms with Crippen molar-refractivity contribution in [2.45, 2.75) is 39.8 Å². The van der Waals surface area contributed by atoms with E-state index in [1.54, 1.807) is 0 Å². The largest absolute Gasteiger partial charge is 0.313 e. The van der Waals surface area contributed by atoms with Crippen LogP contribution in [0.4, 0.5) is 0 Å². The van der Waals surface area contributed by atoms with Gasteiger partial charge in [-0.15, -0.1) is 0 Å². The van der Waals surface area contributed by atoms with Crippen LogP contribution in [0.15, 0.2) is 0 Å². The summed E-state index contributed by atoms with van der Waals surface area (Å²) in [6.07, 6.45) is 0. The second-order valence-electron chi connectivity index (χ2n) is 6.13. The highest BCUT2D eigenvalue weighted by atomic mass is 15.2. The number of nitrogens with one attached hydrogen (secondary N) is 1. The molecule has 1 N–H and O–H groups in total. The molecule has 0 saturated carbocycles. The fourth-order valence-electron chi connectivity index (χ4n) is 2.92. The monoisotopic (exact) mass is 241 g/mol. The van der Waals surface area contributed by atoms with Gasteiger partial charge in [0.25, 0.3) is 0 Å². The van der Waals surface area contributed by atoms with Gasteiger partial charge in [0.1, 0.15) is 0 Å². The van der Waals surface area contributed by atoms with Crippen LogP contribution in [0.25, 0.3) is 0 Å². The van der Waals surface area contributed by atoms with E-state index in [0.717, 1.165) is 18.5 Å². The number of likely N-dealkylation sites (N-methyl/N-ethyl adjacent to an activating group) is 2. The maximum Gasteiger partial charge on any atom is 0.0254 e. The molecule has 1 fully saturated rings. The Labute approximate surface area is 108 Å². The molecule has 3 atom stereocenters. The van der Waals surface area contributed by atoms with Gasteiger partial charge in [0, 0.05) is 31.7 Å². The number of hydrogen-bond acceptors (Lipinski definition) is 3. The molecule has 3 nitrogen and oxygen atoms in total. The third kappa shape index (κ3) is 4.23. The van der Waals surface area contributed by atoms with Crippen LogP contribution in [0.1, 0.15) is 27.7 Å². The molecule has 3 heteroatoms. The molecule has 0 aromatic carbocycles. The summed E-state index contributed by atoms with van der Waals surface area (Å²) in [6.45, 7) is 13.9. The standard InChI is InChI=1S/C14H31N3/c1-7-15-13(11(2)3)9-17-8-12(4)14(10-17)16(5)6/h11-15H,7-10H2,1-6H3. The Morgan fingerprint density at radius 3 is 2.35 bits per heavy atom. The van der Waals surface area contributed by atoms with Gasteiger partial charge in [-0.2, -0.15) is 0 Å². The average Bonchev–Trinajstić information content (AvgIpc) is 2.59. The zero-order valence-corrected chi connectivity index (χ0v) is 12.5. The summed E-state index contributed by atoms with van der Waals surface area (Å²) >= 11 is 0. The van der Waals surface area contributed by atoms with E-state index in [1.807, 2.05) is 0 Å². The van der Waals surface area contributed by atoms with Crippen LogP contribution >= 0.6 is 0 Å². The van der Waals surface area contributed by atoms with Crippen LogP contribution in [0.3, 0.4) is 0 Å². The summed E-state index contributed by atoms with van der Waals surface area (Å²) in [5, 5.41) is 3.61. The first-order valence-corrected chi connectivity index (χ1v) is 7.07. The van der Waals surface area contributed by atoms with Crippen molar-refractivity contribution in [2.75, 3.05) is 40.3 Å². The molecule has 3 unspecified atom stereocenters. The predicted molar refractivity (Wildman–Crippen MR) is 75.4 cm³/mol. The molecule has 1 rings (SSSR count). The quantitative estimate of drug-likeness (QED) is 0.760. The van der Waals surface area contributed by atoms with E-state index in [9.17, 15) is 0 Å². The van der Waals surface area contributed by atoms with Gasteiger partial charge in [-0.05, 0) is 32.5 Å². The maximum absolute atomic E-state index is 3.61. The number of hydrogen-bond donors (Lipinski definition) is 1. The second-order valence-corrected chi connectivity index (χ2v) is 6.13. The van der Waals surface area contributed by atoms with E-state index in [2.05, 4.69) is 56.9 Å². The Bertz CT molecular complexity index is 216. The molecule has 0 spiro atoms. The zero-order valence-electron chi connectivity index (χ0n) is 12.5. The molecule has 17 heavy (non-hydrogen) atoms. The van der Waals surface area contributed by atoms with Crippen molar-refractivity contribution in [1.29, 1.82) is 0 Å². The second kappa shape index (κ2) is 6.72. The van der Waals surface area contributed by atoms with Gasteiger partial charge in [0.2, 0.25) is 0 Å². The zero-order chi connectivity index (χ0) is 13.0. The molecule has 102 valence electrons. The Kier molecular flexibility index (Phi) is 5.90. The lowest BCUT2D eigenvalue weighted by Crippen LogP contribution is -2.44. The molecular formula is C14H31N3. The van der Waals surface area contributed by atoms with Gasteiger partial charge in [-0.1, -0.05) is 27.7 Å². The van der Waals surface area contributed by atoms with Gasteiger partial charge in [0.15, 0.2) is 0 Å². The first-order chi connectivity index (χ1) is 7.95. The molecule has 1 aliphatic heterocycles. The lowest BCUT2D eigenvalue weighted by atomic mass is 10.0. The summed E-state index contributed by atoms with van der Waals surface area (Å²) in [7, 11) is 4.41. The fourth-order valence-corrected chi connectivity index (χ4v) is 2.92. The lowest BCUT2D eigenvalue weighted by Gasteiger charge is -2.28. The molecule has 1 aliphatic rings. The van der Waals surface area contributed by atoms with E-state index in [4.69, 9.17) is 0 Å². The normalized spacial score (nSPS) is 28.2. The summed E-state index contributed by atoms with van der Waals surface area (Å²) in [4.78, 5) is 5.00. The van der Waals surface area contributed by atoms with Crippen molar-refractivity contribution in [3.05, 3.63) is 0 Å². The van der Waals surface area contributed by atoms with Crippen molar-refractivity contribution >= 4 is 0 Å². The van der Waals surface area contributed by atoms with Gasteiger partial charge < -0.3 is 10.2 Å². The van der Waals surface area contributed by atoms with Crippen molar-refractivity contribution in [1.82, 2.24) is 15.1 Å². The minimum atomic E-state index is 0.633. The Morgan fingerprint density at radius 2 is 1.94 bits per heavy atom. The first kappa shape index (κ1) is 14.9. The Balaban J connectivity index is 2.47. The van der Waals surface area contributed by atoms with E-state index < -0.39 is 0 Å². The van der Waals surface area contributed by atoms with Crippen molar-refractivity contribution < 1.29 is 0 Å². The molecule has 0 aromatic rings. The van der Waals surface area contributed by atoms with Crippen LogP contribution in [0.2, 0.25) is 0 Å². The Morgan fingerprint density at radius 1 is 1.29 bits per heavy atom. The SMILES string of the molecule is CCNC(CN1CC(C)C(N(C)C)C1)C(C)C. The summed E-state index contributed by atoms with van der Waals surface area (Å²) in [6, 6.07) is 1.36. The van der Waals surface area contributed by atoms with E-state index >= 15 is 0 Å². The highest BCUT2D eigenvalue weighted by Crippen LogP contribution is 2.20. The number of rotatable bonds is 6. The molecule has 0 bridgehead atoms. The highest BCUT2D eigenvalue weighted by Gasteiger charge is 2.32. The van der Waals surface area contributed by atoms with Crippen LogP contribution in [0.5, 0.6) is 0 Å². The summed E-state index contributed by atoms with van der Waals surface area (Å²) < 4.78 is 0. The van der Waals surface area contributed by atoms with Gasteiger partial charge in [0.05, 0.1) is 0 Å². The fraction of sp³-hybridized carbons (Fsp3) is 1.00. The Hall–Kier alpha value is -0.120. The topological polar surface area (TPSA) is 18.5 Å². The van der Waals surface area contributed by atoms with Gasteiger partial charge >= 0.3 is 0 Å². The smallest absolute Gasteiger partial charge is 0.0254 e. The van der Waals surface area contributed by atoms with Crippen LogP contribution in [0, 0.1) is 11.8 Å². The van der Waals surface area contributed by atoms with E-state index in [1.165, 1.54) is 19.6 Å². The van der Waals surface area contributed by atoms with E-state index in [-0.39, 0.29) is 0 Å². The molecule has 0 aliphatic carbocycles. The van der Waals surface area contributed by atoms with Crippen molar-refractivity contribution in [3.63, 3.8) is 0 Å². The van der Waals surface area contributed by atoms with Crippen molar-refractivity contribution in [3.8, 4) is 0 Å². The third-order valence-corrected chi connectivity index (χ3v) is 4.04. The first-order valence-electron chi connectivity index (χ1n) is 7.07. The number of nitrogens with zero attached hydrogens (tertiary/aromatic N) is 2. The van der Waals surface area contributed by atoms with Gasteiger partial charge in [-0.3, -0.25) is 4.90 Å². The van der Waals surface area contributed by atoms with E-state index in [0.29, 0.717) is 12.0 Å². The minimum absolute atomic E-state index is 0.633. The molecular weight excluding hydrogens is 210 g/mol. The molecule has 0 amide bonds.